The Kier molecular flexibility index (Phi) is 4.87. The Labute approximate surface area is 101 Å². The van der Waals surface area contributed by atoms with Crippen molar-refractivity contribution in [2.24, 2.45) is 5.92 Å². The quantitative estimate of drug-likeness (QED) is 0.662. The summed E-state index contributed by atoms with van der Waals surface area (Å²) < 4.78 is 26.2. The van der Waals surface area contributed by atoms with Gasteiger partial charge in [0.05, 0.1) is 12.5 Å². The van der Waals surface area contributed by atoms with Gasteiger partial charge in [-0.3, -0.25) is 4.79 Å². The summed E-state index contributed by atoms with van der Waals surface area (Å²) in [5.41, 5.74) is 0. The van der Waals surface area contributed by atoms with Crippen molar-refractivity contribution < 1.29 is 23.4 Å². The standard InChI is InChI=1S/C9H18N2O5S/c1-10(5-6-12)17(15,16)11-4-2-3-8(7-11)9(13)14/h8,12H,2-7H2,1H3,(H,13,14). The summed E-state index contributed by atoms with van der Waals surface area (Å²) in [6.07, 6.45) is 1.05. The molecule has 17 heavy (non-hydrogen) atoms. The molecule has 1 aliphatic rings. The molecule has 0 aromatic rings. The van der Waals surface area contributed by atoms with E-state index < -0.39 is 22.1 Å². The lowest BCUT2D eigenvalue weighted by molar-refractivity contribution is -0.142. The van der Waals surface area contributed by atoms with E-state index in [4.69, 9.17) is 10.2 Å². The first-order chi connectivity index (χ1) is 7.89. The molecule has 0 spiro atoms. The molecule has 8 heteroatoms. The molecule has 2 N–H and O–H groups in total. The first-order valence-electron chi connectivity index (χ1n) is 5.44. The predicted molar refractivity (Wildman–Crippen MR) is 60.6 cm³/mol. The van der Waals surface area contributed by atoms with Gasteiger partial charge in [0.25, 0.3) is 10.2 Å². The molecule has 1 fully saturated rings. The van der Waals surface area contributed by atoms with Crippen LogP contribution in [-0.2, 0) is 15.0 Å². The maximum atomic E-state index is 12.0. The van der Waals surface area contributed by atoms with Crippen LogP contribution in [0.15, 0.2) is 0 Å². The lowest BCUT2D eigenvalue weighted by Gasteiger charge is -2.32. The Hall–Kier alpha value is -0.700. The molecule has 0 radical (unpaired) electrons. The first kappa shape index (κ1) is 14.4. The molecule has 0 aromatic heterocycles. The van der Waals surface area contributed by atoms with Crippen molar-refractivity contribution in [3.63, 3.8) is 0 Å². The van der Waals surface area contributed by atoms with Gasteiger partial charge in [0.2, 0.25) is 0 Å². The van der Waals surface area contributed by atoms with E-state index in [-0.39, 0.29) is 19.7 Å². The van der Waals surface area contributed by atoms with E-state index in [1.807, 2.05) is 0 Å². The minimum Gasteiger partial charge on any atom is -0.481 e. The third-order valence-corrected chi connectivity index (χ3v) is 4.82. The fourth-order valence-corrected chi connectivity index (χ4v) is 3.24. The highest BCUT2D eigenvalue weighted by Crippen LogP contribution is 2.20. The number of carboxylic acids is 1. The van der Waals surface area contributed by atoms with E-state index in [1.165, 1.54) is 11.4 Å². The van der Waals surface area contributed by atoms with Gasteiger partial charge in [-0.1, -0.05) is 0 Å². The molecule has 1 rings (SSSR count). The highest BCUT2D eigenvalue weighted by Gasteiger charge is 2.34. The molecular weight excluding hydrogens is 248 g/mol. The number of carbonyl (C=O) groups is 1. The number of nitrogens with zero attached hydrogens (tertiary/aromatic N) is 2. The lowest BCUT2D eigenvalue weighted by atomic mass is 10.0. The average molecular weight is 266 g/mol. The smallest absolute Gasteiger partial charge is 0.307 e. The third-order valence-electron chi connectivity index (χ3n) is 2.87. The van der Waals surface area contributed by atoms with Gasteiger partial charge in [-0.05, 0) is 12.8 Å². The van der Waals surface area contributed by atoms with Gasteiger partial charge in [-0.25, -0.2) is 0 Å². The Balaban J connectivity index is 2.74. The Morgan fingerprint density at radius 3 is 2.71 bits per heavy atom. The normalized spacial score (nSPS) is 22.9. The molecule has 100 valence electrons. The third kappa shape index (κ3) is 3.38. The molecule has 0 amide bonds. The van der Waals surface area contributed by atoms with Crippen LogP contribution in [0.2, 0.25) is 0 Å². The van der Waals surface area contributed by atoms with Crippen molar-refractivity contribution in [2.75, 3.05) is 33.3 Å². The fraction of sp³-hybridized carbons (Fsp3) is 0.889. The predicted octanol–water partition coefficient (Wildman–Crippen LogP) is -1.05. The Bertz CT molecular complexity index is 370. The van der Waals surface area contributed by atoms with Crippen molar-refractivity contribution in [2.45, 2.75) is 12.8 Å². The SMILES string of the molecule is CN(CCO)S(=O)(=O)N1CCCC(C(=O)O)C1. The molecule has 0 aliphatic carbocycles. The van der Waals surface area contributed by atoms with Gasteiger partial charge < -0.3 is 10.2 Å². The number of aliphatic carboxylic acids is 1. The monoisotopic (exact) mass is 266 g/mol. The zero-order valence-electron chi connectivity index (χ0n) is 9.74. The van der Waals surface area contributed by atoms with Crippen molar-refractivity contribution in [1.29, 1.82) is 0 Å². The number of hydrogen-bond acceptors (Lipinski definition) is 4. The topological polar surface area (TPSA) is 98.2 Å². The summed E-state index contributed by atoms with van der Waals surface area (Å²) >= 11 is 0. The number of likely N-dealkylation sites (N-methyl/N-ethyl adjacent to an activating group) is 1. The zero-order valence-corrected chi connectivity index (χ0v) is 10.6. The van der Waals surface area contributed by atoms with Gasteiger partial charge in [-0.15, -0.1) is 0 Å². The number of aliphatic hydroxyl groups excluding tert-OH is 1. The van der Waals surface area contributed by atoms with E-state index in [2.05, 4.69) is 0 Å². The molecule has 0 bridgehead atoms. The fourth-order valence-electron chi connectivity index (χ4n) is 1.81. The summed E-state index contributed by atoms with van der Waals surface area (Å²) in [6, 6.07) is 0. The summed E-state index contributed by atoms with van der Waals surface area (Å²) in [4.78, 5) is 10.8. The van der Waals surface area contributed by atoms with Crippen LogP contribution in [0.3, 0.4) is 0 Å². The van der Waals surface area contributed by atoms with Crippen molar-refractivity contribution >= 4 is 16.2 Å². The van der Waals surface area contributed by atoms with Crippen LogP contribution in [0.4, 0.5) is 0 Å². The largest absolute Gasteiger partial charge is 0.481 e. The molecule has 1 saturated heterocycles. The summed E-state index contributed by atoms with van der Waals surface area (Å²) in [5, 5.41) is 17.6. The second kappa shape index (κ2) is 5.76. The molecule has 0 aromatic carbocycles. The number of piperidine rings is 1. The van der Waals surface area contributed by atoms with Gasteiger partial charge in [0.1, 0.15) is 0 Å². The van der Waals surface area contributed by atoms with Crippen LogP contribution in [0.1, 0.15) is 12.8 Å². The molecule has 0 saturated carbocycles. The van der Waals surface area contributed by atoms with Gasteiger partial charge in [0.15, 0.2) is 0 Å². The lowest BCUT2D eigenvalue weighted by Crippen LogP contribution is -2.48. The molecular formula is C9H18N2O5S. The number of rotatable bonds is 5. The number of aliphatic hydroxyl groups is 1. The molecule has 1 atom stereocenters. The second-order valence-corrected chi connectivity index (χ2v) is 6.12. The number of carboxylic acid groups (broad SMARTS) is 1. The maximum Gasteiger partial charge on any atom is 0.307 e. The minimum absolute atomic E-state index is 0.00738. The van der Waals surface area contributed by atoms with Crippen molar-refractivity contribution in [3.05, 3.63) is 0 Å². The van der Waals surface area contributed by atoms with Gasteiger partial charge >= 0.3 is 5.97 Å². The molecule has 7 nitrogen and oxygen atoms in total. The van der Waals surface area contributed by atoms with E-state index in [1.54, 1.807) is 0 Å². The van der Waals surface area contributed by atoms with E-state index in [9.17, 15) is 13.2 Å². The van der Waals surface area contributed by atoms with Crippen LogP contribution < -0.4 is 0 Å². The van der Waals surface area contributed by atoms with Crippen LogP contribution in [0, 0.1) is 5.92 Å². The van der Waals surface area contributed by atoms with E-state index >= 15 is 0 Å². The zero-order chi connectivity index (χ0) is 13.1. The highest BCUT2D eigenvalue weighted by molar-refractivity contribution is 7.86. The second-order valence-electron chi connectivity index (χ2n) is 4.09. The van der Waals surface area contributed by atoms with E-state index in [0.29, 0.717) is 19.4 Å². The Morgan fingerprint density at radius 1 is 1.53 bits per heavy atom. The van der Waals surface area contributed by atoms with E-state index in [0.717, 1.165) is 4.31 Å². The maximum absolute atomic E-state index is 12.0. The highest BCUT2D eigenvalue weighted by atomic mass is 32.2. The first-order valence-corrected chi connectivity index (χ1v) is 6.84. The van der Waals surface area contributed by atoms with Crippen molar-refractivity contribution in [3.8, 4) is 0 Å². The summed E-state index contributed by atoms with van der Waals surface area (Å²) in [6.45, 7) is 0.0951. The van der Waals surface area contributed by atoms with Gasteiger partial charge in [0, 0.05) is 26.7 Å². The molecule has 1 aliphatic heterocycles. The number of hydrogen-bond donors (Lipinski definition) is 2. The van der Waals surface area contributed by atoms with Crippen LogP contribution >= 0.6 is 0 Å². The summed E-state index contributed by atoms with van der Waals surface area (Å²) in [5.74, 6) is -1.60. The average Bonchev–Trinajstić information content (AvgIpc) is 2.29. The Morgan fingerprint density at radius 2 is 2.18 bits per heavy atom. The summed E-state index contributed by atoms with van der Waals surface area (Å²) in [7, 11) is -2.28. The van der Waals surface area contributed by atoms with Crippen molar-refractivity contribution in [1.82, 2.24) is 8.61 Å². The van der Waals surface area contributed by atoms with Gasteiger partial charge in [-0.2, -0.15) is 17.0 Å². The van der Waals surface area contributed by atoms with Crippen LogP contribution in [-0.4, -0.2) is 66.5 Å². The van der Waals surface area contributed by atoms with Crippen LogP contribution in [0.5, 0.6) is 0 Å². The molecule has 1 heterocycles. The minimum atomic E-state index is -3.65. The molecule has 1 unspecified atom stereocenters. The van der Waals surface area contributed by atoms with Crippen LogP contribution in [0.25, 0.3) is 0 Å².